The lowest BCUT2D eigenvalue weighted by Crippen LogP contribution is -2.21. The van der Waals surface area contributed by atoms with Gasteiger partial charge in [0.05, 0.1) is 12.1 Å². The van der Waals surface area contributed by atoms with E-state index in [0.29, 0.717) is 0 Å². The van der Waals surface area contributed by atoms with Gasteiger partial charge in [-0.05, 0) is 37.1 Å². The molecule has 3 heteroatoms. The summed E-state index contributed by atoms with van der Waals surface area (Å²) in [7, 11) is 1.69. The molecule has 0 bridgehead atoms. The zero-order valence-electron chi connectivity index (χ0n) is 12.8. The first kappa shape index (κ1) is 15.5. The lowest BCUT2D eigenvalue weighted by molar-refractivity contribution is 0.0801. The Hall–Kier alpha value is -1.84. The van der Waals surface area contributed by atoms with E-state index >= 15 is 0 Å². The van der Waals surface area contributed by atoms with Gasteiger partial charge in [0.2, 0.25) is 0 Å². The molecule has 0 spiro atoms. The van der Waals surface area contributed by atoms with Crippen molar-refractivity contribution in [1.29, 1.82) is 0 Å². The van der Waals surface area contributed by atoms with E-state index in [1.807, 2.05) is 68.4 Å². The molecule has 0 heterocycles. The fraction of sp³-hybridized carbons (Fsp3) is 0.333. The summed E-state index contributed by atoms with van der Waals surface area (Å²) in [5, 5.41) is 0. The molecule has 2 N–H and O–H groups in total. The maximum Gasteiger partial charge on any atom is 0.119 e. The molecule has 0 amide bonds. The highest BCUT2D eigenvalue weighted by molar-refractivity contribution is 5.31. The molecule has 0 aliphatic heterocycles. The number of rotatable bonds is 6. The first-order valence-electron chi connectivity index (χ1n) is 7.21. The Labute approximate surface area is 126 Å². The summed E-state index contributed by atoms with van der Waals surface area (Å²) in [6.07, 6.45) is 0.00336. The van der Waals surface area contributed by atoms with E-state index < -0.39 is 0 Å². The second kappa shape index (κ2) is 7.25. The minimum absolute atomic E-state index is 0.164. The Morgan fingerprint density at radius 1 is 0.857 bits per heavy atom. The van der Waals surface area contributed by atoms with E-state index in [9.17, 15) is 0 Å². The summed E-state index contributed by atoms with van der Waals surface area (Å²) in [4.78, 5) is 0. The van der Waals surface area contributed by atoms with Gasteiger partial charge in [-0.25, -0.2) is 0 Å². The Kier molecular flexibility index (Phi) is 5.37. The molecular formula is C18H23NO2. The molecule has 112 valence electrons. The SMILES string of the molecule is COC(c1ccccc1)C(N)c1ccc(OC(C)C)cc1. The van der Waals surface area contributed by atoms with Crippen LogP contribution in [0.15, 0.2) is 54.6 Å². The third kappa shape index (κ3) is 4.06. The molecular weight excluding hydrogens is 262 g/mol. The van der Waals surface area contributed by atoms with E-state index in [-0.39, 0.29) is 18.2 Å². The molecule has 21 heavy (non-hydrogen) atoms. The molecule has 0 saturated heterocycles. The van der Waals surface area contributed by atoms with Crippen LogP contribution in [0, 0.1) is 0 Å². The van der Waals surface area contributed by atoms with E-state index in [1.54, 1.807) is 7.11 Å². The molecule has 2 atom stereocenters. The fourth-order valence-electron chi connectivity index (χ4n) is 2.35. The van der Waals surface area contributed by atoms with E-state index in [1.165, 1.54) is 0 Å². The first-order chi connectivity index (χ1) is 10.1. The van der Waals surface area contributed by atoms with Crippen molar-refractivity contribution in [2.45, 2.75) is 32.1 Å². The zero-order chi connectivity index (χ0) is 15.2. The van der Waals surface area contributed by atoms with Gasteiger partial charge >= 0.3 is 0 Å². The van der Waals surface area contributed by atoms with Crippen molar-refractivity contribution in [3.8, 4) is 5.75 Å². The molecule has 2 rings (SSSR count). The minimum Gasteiger partial charge on any atom is -0.491 e. The molecule has 0 radical (unpaired) electrons. The summed E-state index contributed by atoms with van der Waals surface area (Å²) in [5.74, 6) is 0.856. The van der Waals surface area contributed by atoms with E-state index in [2.05, 4.69) is 0 Å². The molecule has 3 nitrogen and oxygen atoms in total. The minimum atomic E-state index is -0.217. The highest BCUT2D eigenvalue weighted by atomic mass is 16.5. The van der Waals surface area contributed by atoms with Gasteiger partial charge in [0.25, 0.3) is 0 Å². The third-order valence-corrected chi connectivity index (χ3v) is 3.34. The summed E-state index contributed by atoms with van der Waals surface area (Å²) >= 11 is 0. The third-order valence-electron chi connectivity index (χ3n) is 3.34. The predicted molar refractivity (Wildman–Crippen MR) is 85.3 cm³/mol. The van der Waals surface area contributed by atoms with Crippen molar-refractivity contribution in [2.75, 3.05) is 7.11 Å². The topological polar surface area (TPSA) is 44.5 Å². The van der Waals surface area contributed by atoms with Gasteiger partial charge < -0.3 is 15.2 Å². The van der Waals surface area contributed by atoms with Gasteiger partial charge in [-0.2, -0.15) is 0 Å². The van der Waals surface area contributed by atoms with Gasteiger partial charge in [-0.15, -0.1) is 0 Å². The largest absolute Gasteiger partial charge is 0.491 e. The number of benzene rings is 2. The van der Waals surface area contributed by atoms with Crippen molar-refractivity contribution >= 4 is 0 Å². The Balaban J connectivity index is 2.16. The molecule has 0 fully saturated rings. The van der Waals surface area contributed by atoms with Crippen LogP contribution in [0.4, 0.5) is 0 Å². The van der Waals surface area contributed by atoms with Gasteiger partial charge in [-0.1, -0.05) is 42.5 Å². The molecule has 0 aromatic heterocycles. The number of ether oxygens (including phenoxy) is 2. The molecule has 2 unspecified atom stereocenters. The molecule has 0 saturated carbocycles. The second-order valence-corrected chi connectivity index (χ2v) is 5.33. The van der Waals surface area contributed by atoms with Gasteiger partial charge in [0.15, 0.2) is 0 Å². The van der Waals surface area contributed by atoms with Crippen molar-refractivity contribution in [3.05, 3.63) is 65.7 Å². The van der Waals surface area contributed by atoms with Crippen LogP contribution in [0.5, 0.6) is 5.75 Å². The van der Waals surface area contributed by atoms with Crippen LogP contribution in [0.25, 0.3) is 0 Å². The lowest BCUT2D eigenvalue weighted by Gasteiger charge is -2.23. The maximum absolute atomic E-state index is 6.37. The maximum atomic E-state index is 6.37. The van der Waals surface area contributed by atoms with Crippen LogP contribution >= 0.6 is 0 Å². The molecule has 2 aromatic rings. The fourth-order valence-corrected chi connectivity index (χ4v) is 2.35. The average Bonchev–Trinajstić information content (AvgIpc) is 2.49. The highest BCUT2D eigenvalue weighted by Gasteiger charge is 2.20. The van der Waals surface area contributed by atoms with Crippen LogP contribution in [-0.4, -0.2) is 13.2 Å². The Morgan fingerprint density at radius 2 is 1.48 bits per heavy atom. The van der Waals surface area contributed by atoms with Gasteiger partial charge in [0.1, 0.15) is 11.9 Å². The average molecular weight is 285 g/mol. The molecule has 2 aromatic carbocycles. The summed E-state index contributed by atoms with van der Waals surface area (Å²) in [6.45, 7) is 4.02. The predicted octanol–water partition coefficient (Wildman–Crippen LogP) is 3.86. The Morgan fingerprint density at radius 3 is 2.00 bits per heavy atom. The summed E-state index contributed by atoms with van der Waals surface area (Å²) < 4.78 is 11.2. The second-order valence-electron chi connectivity index (χ2n) is 5.33. The highest BCUT2D eigenvalue weighted by Crippen LogP contribution is 2.30. The standard InChI is InChI=1S/C18H23NO2/c1-13(2)21-16-11-9-14(10-12-16)17(19)18(20-3)15-7-5-4-6-8-15/h4-13,17-18H,19H2,1-3H3. The van der Waals surface area contributed by atoms with Gasteiger partial charge in [0, 0.05) is 7.11 Å². The quantitative estimate of drug-likeness (QED) is 0.876. The van der Waals surface area contributed by atoms with Crippen molar-refractivity contribution in [2.24, 2.45) is 5.73 Å². The summed E-state index contributed by atoms with van der Waals surface area (Å²) in [5.41, 5.74) is 8.48. The number of methoxy groups -OCH3 is 1. The Bertz CT molecular complexity index is 537. The van der Waals surface area contributed by atoms with E-state index in [4.69, 9.17) is 15.2 Å². The van der Waals surface area contributed by atoms with Crippen LogP contribution in [0.2, 0.25) is 0 Å². The normalized spacial score (nSPS) is 14.0. The number of nitrogens with two attached hydrogens (primary N) is 1. The van der Waals surface area contributed by atoms with Crippen molar-refractivity contribution < 1.29 is 9.47 Å². The monoisotopic (exact) mass is 285 g/mol. The summed E-state index contributed by atoms with van der Waals surface area (Å²) in [6, 6.07) is 17.7. The zero-order valence-corrected chi connectivity index (χ0v) is 12.8. The van der Waals surface area contributed by atoms with Gasteiger partial charge in [-0.3, -0.25) is 0 Å². The van der Waals surface area contributed by atoms with Crippen molar-refractivity contribution in [3.63, 3.8) is 0 Å². The smallest absolute Gasteiger partial charge is 0.119 e. The van der Waals surface area contributed by atoms with Crippen LogP contribution in [0.3, 0.4) is 0 Å². The lowest BCUT2D eigenvalue weighted by atomic mass is 9.96. The van der Waals surface area contributed by atoms with Crippen LogP contribution in [0.1, 0.15) is 37.1 Å². The molecule has 0 aliphatic carbocycles. The van der Waals surface area contributed by atoms with Crippen molar-refractivity contribution in [1.82, 2.24) is 0 Å². The van der Waals surface area contributed by atoms with Crippen LogP contribution < -0.4 is 10.5 Å². The van der Waals surface area contributed by atoms with E-state index in [0.717, 1.165) is 16.9 Å². The number of hydrogen-bond acceptors (Lipinski definition) is 3. The number of hydrogen-bond donors (Lipinski definition) is 1. The van der Waals surface area contributed by atoms with Crippen LogP contribution in [-0.2, 0) is 4.74 Å². The molecule has 0 aliphatic rings. The first-order valence-corrected chi connectivity index (χ1v) is 7.21.